The standard InChI is InChI=1S/C5H9NO/c1-4-2-5(3-7)6-4/h3-6H,2H2,1H3/t4?,5-/m0/s1. The molecule has 2 nitrogen and oxygen atoms in total. The van der Waals surface area contributed by atoms with Crippen molar-refractivity contribution < 1.29 is 4.79 Å². The quantitative estimate of drug-likeness (QED) is 0.466. The molecule has 1 aliphatic rings. The highest BCUT2D eigenvalue weighted by atomic mass is 16.1. The molecule has 0 aromatic rings. The first kappa shape index (κ1) is 4.78. The molecule has 1 aliphatic heterocycles. The number of aldehydes is 1. The summed E-state index contributed by atoms with van der Waals surface area (Å²) in [6, 6.07) is 0.727. The monoisotopic (exact) mass is 99.1 g/mol. The van der Waals surface area contributed by atoms with Gasteiger partial charge in [-0.25, -0.2) is 0 Å². The van der Waals surface area contributed by atoms with Crippen LogP contribution in [0.25, 0.3) is 0 Å². The fraction of sp³-hybridized carbons (Fsp3) is 0.800. The van der Waals surface area contributed by atoms with Gasteiger partial charge >= 0.3 is 0 Å². The molecule has 40 valence electrons. The number of hydrogen-bond acceptors (Lipinski definition) is 2. The Hall–Kier alpha value is -0.370. The second-order valence-corrected chi connectivity index (χ2v) is 2.05. The van der Waals surface area contributed by atoms with Crippen LogP contribution >= 0.6 is 0 Å². The molecule has 0 spiro atoms. The Kier molecular flexibility index (Phi) is 1.11. The average molecular weight is 99.1 g/mol. The van der Waals surface area contributed by atoms with Crippen molar-refractivity contribution in [2.45, 2.75) is 25.4 Å². The van der Waals surface area contributed by atoms with Crippen LogP contribution in [0.1, 0.15) is 13.3 Å². The van der Waals surface area contributed by atoms with E-state index < -0.39 is 0 Å². The van der Waals surface area contributed by atoms with E-state index in [1.807, 2.05) is 0 Å². The fourth-order valence-electron chi connectivity index (χ4n) is 0.817. The zero-order valence-electron chi connectivity index (χ0n) is 4.35. The van der Waals surface area contributed by atoms with E-state index in [1.54, 1.807) is 0 Å². The second kappa shape index (κ2) is 1.62. The van der Waals surface area contributed by atoms with E-state index in [0.29, 0.717) is 6.04 Å². The van der Waals surface area contributed by atoms with Crippen molar-refractivity contribution in [3.63, 3.8) is 0 Å². The molecule has 1 N–H and O–H groups in total. The minimum atomic E-state index is 0.162. The molecule has 1 saturated heterocycles. The molecule has 2 heteroatoms. The molecule has 1 unspecified atom stereocenters. The summed E-state index contributed by atoms with van der Waals surface area (Å²) >= 11 is 0. The molecule has 2 atom stereocenters. The van der Waals surface area contributed by atoms with Gasteiger partial charge in [0, 0.05) is 6.04 Å². The van der Waals surface area contributed by atoms with Gasteiger partial charge in [-0.3, -0.25) is 0 Å². The number of nitrogens with one attached hydrogen (secondary N) is 1. The van der Waals surface area contributed by atoms with E-state index >= 15 is 0 Å². The summed E-state index contributed by atoms with van der Waals surface area (Å²) in [6.45, 7) is 2.07. The molecule has 1 fully saturated rings. The molecular formula is C5H9NO. The summed E-state index contributed by atoms with van der Waals surface area (Å²) in [5.41, 5.74) is 0. The lowest BCUT2D eigenvalue weighted by molar-refractivity contribution is -0.111. The van der Waals surface area contributed by atoms with Gasteiger partial charge < -0.3 is 10.1 Å². The summed E-state index contributed by atoms with van der Waals surface area (Å²) in [5, 5.41) is 3.02. The van der Waals surface area contributed by atoms with Gasteiger partial charge in [0.1, 0.15) is 6.29 Å². The van der Waals surface area contributed by atoms with Crippen LogP contribution in [0.4, 0.5) is 0 Å². The summed E-state index contributed by atoms with van der Waals surface area (Å²) < 4.78 is 0. The van der Waals surface area contributed by atoms with Gasteiger partial charge in [-0.2, -0.15) is 0 Å². The van der Waals surface area contributed by atoms with Crippen LogP contribution in [0.5, 0.6) is 0 Å². The third kappa shape index (κ3) is 0.800. The number of rotatable bonds is 1. The molecule has 7 heavy (non-hydrogen) atoms. The Bertz CT molecular complexity index is 76.1. The van der Waals surface area contributed by atoms with E-state index in [1.165, 1.54) is 0 Å². The van der Waals surface area contributed by atoms with Crippen molar-refractivity contribution in [2.75, 3.05) is 0 Å². The van der Waals surface area contributed by atoms with E-state index in [4.69, 9.17) is 0 Å². The zero-order chi connectivity index (χ0) is 5.28. The molecule has 0 amide bonds. The topological polar surface area (TPSA) is 29.1 Å². The summed E-state index contributed by atoms with van der Waals surface area (Å²) in [7, 11) is 0. The molecule has 0 bridgehead atoms. The van der Waals surface area contributed by atoms with Gasteiger partial charge in [-0.15, -0.1) is 0 Å². The highest BCUT2D eigenvalue weighted by Gasteiger charge is 2.22. The van der Waals surface area contributed by atoms with E-state index in [2.05, 4.69) is 12.2 Å². The Labute approximate surface area is 42.9 Å². The van der Waals surface area contributed by atoms with Crippen molar-refractivity contribution in [1.82, 2.24) is 5.32 Å². The van der Waals surface area contributed by atoms with Gasteiger partial charge in [0.15, 0.2) is 0 Å². The predicted molar refractivity (Wildman–Crippen MR) is 27.1 cm³/mol. The Morgan fingerprint density at radius 1 is 1.86 bits per heavy atom. The summed E-state index contributed by atoms with van der Waals surface area (Å²) in [5.74, 6) is 0. The van der Waals surface area contributed by atoms with Crippen LogP contribution in [0.2, 0.25) is 0 Å². The highest BCUT2D eigenvalue weighted by Crippen LogP contribution is 2.06. The molecule has 0 radical (unpaired) electrons. The third-order valence-electron chi connectivity index (χ3n) is 1.27. The largest absolute Gasteiger partial charge is 0.305 e. The highest BCUT2D eigenvalue weighted by molar-refractivity contribution is 5.59. The Morgan fingerprint density at radius 3 is 2.57 bits per heavy atom. The first-order valence-corrected chi connectivity index (χ1v) is 2.54. The van der Waals surface area contributed by atoms with Crippen LogP contribution in [0.3, 0.4) is 0 Å². The fourth-order valence-corrected chi connectivity index (χ4v) is 0.817. The van der Waals surface area contributed by atoms with E-state index in [9.17, 15) is 4.79 Å². The lowest BCUT2D eigenvalue weighted by atomic mass is 10.0. The van der Waals surface area contributed by atoms with Crippen molar-refractivity contribution in [2.24, 2.45) is 0 Å². The van der Waals surface area contributed by atoms with Crippen LogP contribution in [-0.4, -0.2) is 18.4 Å². The molecule has 1 heterocycles. The summed E-state index contributed by atoms with van der Waals surface area (Å²) in [4.78, 5) is 9.87. The summed E-state index contributed by atoms with van der Waals surface area (Å²) in [6.07, 6.45) is 1.98. The van der Waals surface area contributed by atoms with Gasteiger partial charge in [0.05, 0.1) is 6.04 Å². The molecule has 0 aromatic carbocycles. The van der Waals surface area contributed by atoms with Crippen LogP contribution < -0.4 is 5.32 Å². The normalized spacial score (nSPS) is 39.6. The van der Waals surface area contributed by atoms with Crippen LogP contribution in [-0.2, 0) is 4.79 Å². The van der Waals surface area contributed by atoms with Crippen molar-refractivity contribution >= 4 is 6.29 Å². The average Bonchev–Trinajstić information content (AvgIpc) is 1.58. The molecule has 0 saturated carbocycles. The zero-order valence-corrected chi connectivity index (χ0v) is 4.35. The lowest BCUT2D eigenvalue weighted by Crippen LogP contribution is -2.51. The molecule has 1 rings (SSSR count). The van der Waals surface area contributed by atoms with E-state index in [-0.39, 0.29) is 6.04 Å². The minimum absolute atomic E-state index is 0.162. The predicted octanol–water partition coefficient (Wildman–Crippen LogP) is -0.0643. The van der Waals surface area contributed by atoms with Crippen molar-refractivity contribution in [3.8, 4) is 0 Å². The first-order valence-electron chi connectivity index (χ1n) is 2.54. The SMILES string of the molecule is CC1C[C@@H](C=O)N1. The maximum Gasteiger partial charge on any atom is 0.136 e. The molecule has 0 aromatic heterocycles. The van der Waals surface area contributed by atoms with Crippen molar-refractivity contribution in [1.29, 1.82) is 0 Å². The van der Waals surface area contributed by atoms with Crippen molar-refractivity contribution in [3.05, 3.63) is 0 Å². The maximum absolute atomic E-state index is 9.87. The van der Waals surface area contributed by atoms with Gasteiger partial charge in [-0.05, 0) is 13.3 Å². The number of carbonyl (C=O) groups is 1. The minimum Gasteiger partial charge on any atom is -0.305 e. The first-order chi connectivity index (χ1) is 3.33. The third-order valence-corrected chi connectivity index (χ3v) is 1.27. The second-order valence-electron chi connectivity index (χ2n) is 2.05. The molecule has 0 aliphatic carbocycles. The van der Waals surface area contributed by atoms with Gasteiger partial charge in [-0.1, -0.05) is 0 Å². The lowest BCUT2D eigenvalue weighted by Gasteiger charge is -2.30. The van der Waals surface area contributed by atoms with Crippen LogP contribution in [0, 0.1) is 0 Å². The van der Waals surface area contributed by atoms with Gasteiger partial charge in [0.25, 0.3) is 0 Å². The smallest absolute Gasteiger partial charge is 0.136 e. The van der Waals surface area contributed by atoms with Crippen LogP contribution in [0.15, 0.2) is 0 Å². The molecular weight excluding hydrogens is 90.1 g/mol. The number of carbonyl (C=O) groups excluding carboxylic acids is 1. The van der Waals surface area contributed by atoms with Gasteiger partial charge in [0.2, 0.25) is 0 Å². The Morgan fingerprint density at radius 2 is 2.43 bits per heavy atom. The van der Waals surface area contributed by atoms with E-state index in [0.717, 1.165) is 12.7 Å². The maximum atomic E-state index is 9.87. The number of hydrogen-bond donors (Lipinski definition) is 1. The Balaban J connectivity index is 2.17.